The van der Waals surface area contributed by atoms with Gasteiger partial charge in [-0.25, -0.2) is 9.78 Å². The first-order valence-corrected chi connectivity index (χ1v) is 10.3. The lowest BCUT2D eigenvalue weighted by molar-refractivity contribution is 0.262. The number of benzene rings is 3. The van der Waals surface area contributed by atoms with E-state index in [0.29, 0.717) is 12.3 Å². The van der Waals surface area contributed by atoms with Crippen LogP contribution in [0.4, 0.5) is 16.2 Å². The van der Waals surface area contributed by atoms with Crippen LogP contribution in [0.5, 0.6) is 5.75 Å². The minimum absolute atomic E-state index is 0.297. The van der Waals surface area contributed by atoms with E-state index in [2.05, 4.69) is 10.6 Å². The molecule has 1 heterocycles. The zero-order valence-electron chi connectivity index (χ0n) is 17.9. The van der Waals surface area contributed by atoms with Crippen LogP contribution in [0.3, 0.4) is 0 Å². The Morgan fingerprint density at radius 1 is 0.871 bits per heavy atom. The fourth-order valence-electron chi connectivity index (χ4n) is 3.42. The standard InChI is InChI=1S/C26H25N3O2/c1-4-31-25-16-24(19-8-6-5-7-9-19)29-23-13-12-21(15-22(23)25)28-26(30)27-20-11-10-17(2)18(3)14-20/h5-16H,4H2,1-3H3,(H2,27,28,30). The summed E-state index contributed by atoms with van der Waals surface area (Å²) in [6, 6.07) is 23.1. The fourth-order valence-corrected chi connectivity index (χ4v) is 3.42. The van der Waals surface area contributed by atoms with Crippen molar-refractivity contribution in [1.29, 1.82) is 0 Å². The second kappa shape index (κ2) is 8.88. The molecule has 0 bridgehead atoms. The van der Waals surface area contributed by atoms with Crippen LogP contribution in [0.2, 0.25) is 0 Å². The Bertz CT molecular complexity index is 1240. The van der Waals surface area contributed by atoms with Crippen LogP contribution in [0.1, 0.15) is 18.1 Å². The topological polar surface area (TPSA) is 63.2 Å². The van der Waals surface area contributed by atoms with E-state index in [1.165, 1.54) is 5.56 Å². The molecule has 5 nitrogen and oxygen atoms in total. The van der Waals surface area contributed by atoms with Gasteiger partial charge in [-0.2, -0.15) is 0 Å². The lowest BCUT2D eigenvalue weighted by Crippen LogP contribution is -2.19. The van der Waals surface area contributed by atoms with Gasteiger partial charge < -0.3 is 15.4 Å². The maximum atomic E-state index is 12.5. The highest BCUT2D eigenvalue weighted by atomic mass is 16.5. The number of amides is 2. The number of rotatable bonds is 5. The molecule has 0 aliphatic carbocycles. The van der Waals surface area contributed by atoms with E-state index in [1.807, 2.05) is 93.6 Å². The highest BCUT2D eigenvalue weighted by Crippen LogP contribution is 2.32. The summed E-state index contributed by atoms with van der Waals surface area (Å²) in [5.41, 5.74) is 6.43. The Labute approximate surface area is 182 Å². The molecule has 4 aromatic rings. The van der Waals surface area contributed by atoms with Crippen LogP contribution in [-0.2, 0) is 0 Å². The van der Waals surface area contributed by atoms with Gasteiger partial charge in [0.1, 0.15) is 5.75 Å². The Morgan fingerprint density at radius 3 is 2.29 bits per heavy atom. The summed E-state index contributed by atoms with van der Waals surface area (Å²) in [6.45, 7) is 6.56. The largest absolute Gasteiger partial charge is 0.493 e. The molecule has 31 heavy (non-hydrogen) atoms. The van der Waals surface area contributed by atoms with Gasteiger partial charge in [0.2, 0.25) is 0 Å². The third-order valence-corrected chi connectivity index (χ3v) is 5.16. The summed E-state index contributed by atoms with van der Waals surface area (Å²) in [4.78, 5) is 17.3. The van der Waals surface area contributed by atoms with Crippen molar-refractivity contribution in [2.45, 2.75) is 20.8 Å². The molecular formula is C26H25N3O2. The number of hydrogen-bond acceptors (Lipinski definition) is 3. The van der Waals surface area contributed by atoms with Crippen molar-refractivity contribution in [2.75, 3.05) is 17.2 Å². The molecule has 0 saturated heterocycles. The molecule has 2 N–H and O–H groups in total. The fraction of sp³-hybridized carbons (Fsp3) is 0.154. The van der Waals surface area contributed by atoms with Gasteiger partial charge in [0, 0.05) is 28.4 Å². The van der Waals surface area contributed by atoms with Crippen LogP contribution in [0.25, 0.3) is 22.2 Å². The van der Waals surface area contributed by atoms with Crippen molar-refractivity contribution in [2.24, 2.45) is 0 Å². The maximum Gasteiger partial charge on any atom is 0.323 e. The van der Waals surface area contributed by atoms with Crippen molar-refractivity contribution in [3.05, 3.63) is 83.9 Å². The van der Waals surface area contributed by atoms with E-state index in [4.69, 9.17) is 9.72 Å². The molecule has 0 spiro atoms. The summed E-state index contributed by atoms with van der Waals surface area (Å²) in [7, 11) is 0. The van der Waals surface area contributed by atoms with Gasteiger partial charge in [-0.15, -0.1) is 0 Å². The molecule has 0 aliphatic heterocycles. The summed E-state index contributed by atoms with van der Waals surface area (Å²) < 4.78 is 5.89. The van der Waals surface area contributed by atoms with Gasteiger partial charge in [0.25, 0.3) is 0 Å². The van der Waals surface area contributed by atoms with Gasteiger partial charge in [0.15, 0.2) is 0 Å². The van der Waals surface area contributed by atoms with Crippen molar-refractivity contribution >= 4 is 28.3 Å². The summed E-state index contributed by atoms with van der Waals surface area (Å²) in [5.74, 6) is 0.740. The molecule has 156 valence electrons. The zero-order chi connectivity index (χ0) is 21.8. The highest BCUT2D eigenvalue weighted by Gasteiger charge is 2.11. The minimum atomic E-state index is -0.297. The Hall–Kier alpha value is -3.86. The molecule has 0 saturated carbocycles. The number of hydrogen-bond donors (Lipinski definition) is 2. The predicted octanol–water partition coefficient (Wildman–Crippen LogP) is 6.56. The van der Waals surface area contributed by atoms with Gasteiger partial charge in [0.05, 0.1) is 17.8 Å². The van der Waals surface area contributed by atoms with E-state index in [0.717, 1.165) is 39.2 Å². The normalized spacial score (nSPS) is 10.7. The minimum Gasteiger partial charge on any atom is -0.493 e. The lowest BCUT2D eigenvalue weighted by atomic mass is 10.1. The smallest absolute Gasteiger partial charge is 0.323 e. The average Bonchev–Trinajstić information content (AvgIpc) is 2.77. The molecule has 2 amide bonds. The number of nitrogens with one attached hydrogen (secondary N) is 2. The molecule has 0 radical (unpaired) electrons. The number of pyridine rings is 1. The number of aromatic nitrogens is 1. The molecule has 1 aromatic heterocycles. The van der Waals surface area contributed by atoms with Gasteiger partial charge in [-0.3, -0.25) is 0 Å². The van der Waals surface area contributed by atoms with Crippen LogP contribution in [0, 0.1) is 13.8 Å². The number of ether oxygens (including phenoxy) is 1. The first-order chi connectivity index (χ1) is 15.0. The Kier molecular flexibility index (Phi) is 5.85. The number of carbonyl (C=O) groups excluding carboxylic acids is 1. The van der Waals surface area contributed by atoms with Gasteiger partial charge in [-0.1, -0.05) is 36.4 Å². The second-order valence-corrected chi connectivity index (χ2v) is 7.41. The quantitative estimate of drug-likeness (QED) is 0.391. The summed E-state index contributed by atoms with van der Waals surface area (Å²) in [6.07, 6.45) is 0. The number of nitrogens with zero attached hydrogens (tertiary/aromatic N) is 1. The van der Waals surface area contributed by atoms with Crippen molar-refractivity contribution in [3.63, 3.8) is 0 Å². The van der Waals surface area contributed by atoms with Crippen LogP contribution in [-0.4, -0.2) is 17.6 Å². The third-order valence-electron chi connectivity index (χ3n) is 5.16. The number of urea groups is 1. The predicted molar refractivity (Wildman–Crippen MR) is 127 cm³/mol. The van der Waals surface area contributed by atoms with E-state index in [-0.39, 0.29) is 6.03 Å². The lowest BCUT2D eigenvalue weighted by Gasteiger charge is -2.13. The molecule has 5 heteroatoms. The monoisotopic (exact) mass is 411 g/mol. The molecule has 3 aromatic carbocycles. The molecule has 4 rings (SSSR count). The summed E-state index contributed by atoms with van der Waals surface area (Å²) in [5, 5.41) is 6.63. The number of aryl methyl sites for hydroxylation is 2. The first-order valence-electron chi connectivity index (χ1n) is 10.3. The molecular weight excluding hydrogens is 386 g/mol. The maximum absolute atomic E-state index is 12.5. The van der Waals surface area contributed by atoms with Crippen LogP contribution < -0.4 is 15.4 Å². The first kappa shape index (κ1) is 20.4. The SMILES string of the molecule is CCOc1cc(-c2ccccc2)nc2ccc(NC(=O)Nc3ccc(C)c(C)c3)cc12. The van der Waals surface area contributed by atoms with Crippen molar-refractivity contribution in [3.8, 4) is 17.0 Å². The molecule has 0 fully saturated rings. The van der Waals surface area contributed by atoms with E-state index < -0.39 is 0 Å². The third kappa shape index (κ3) is 4.67. The average molecular weight is 412 g/mol. The molecule has 0 atom stereocenters. The zero-order valence-corrected chi connectivity index (χ0v) is 17.9. The second-order valence-electron chi connectivity index (χ2n) is 7.41. The summed E-state index contributed by atoms with van der Waals surface area (Å²) >= 11 is 0. The number of anilines is 2. The Morgan fingerprint density at radius 2 is 1.58 bits per heavy atom. The highest BCUT2D eigenvalue weighted by molar-refractivity contribution is 6.01. The van der Waals surface area contributed by atoms with Crippen LogP contribution in [0.15, 0.2) is 72.8 Å². The van der Waals surface area contributed by atoms with Gasteiger partial charge >= 0.3 is 6.03 Å². The van der Waals surface area contributed by atoms with Crippen molar-refractivity contribution < 1.29 is 9.53 Å². The van der Waals surface area contributed by atoms with Crippen LogP contribution >= 0.6 is 0 Å². The van der Waals surface area contributed by atoms with E-state index >= 15 is 0 Å². The molecule has 0 aliphatic rings. The molecule has 0 unspecified atom stereocenters. The van der Waals surface area contributed by atoms with Crippen molar-refractivity contribution in [1.82, 2.24) is 4.98 Å². The van der Waals surface area contributed by atoms with Gasteiger partial charge in [-0.05, 0) is 62.2 Å². The number of fused-ring (bicyclic) bond motifs is 1. The van der Waals surface area contributed by atoms with E-state index in [1.54, 1.807) is 0 Å². The van der Waals surface area contributed by atoms with E-state index in [9.17, 15) is 4.79 Å². The number of carbonyl (C=O) groups is 1. The Balaban J connectivity index is 1.61.